The van der Waals surface area contributed by atoms with Crippen molar-refractivity contribution >= 4 is 52.1 Å². The number of carbonyl (C=O) groups excluding carboxylic acids is 2. The van der Waals surface area contributed by atoms with Gasteiger partial charge in [-0.3, -0.25) is 9.59 Å². The summed E-state index contributed by atoms with van der Waals surface area (Å²) in [6, 6.07) is 8.87. The summed E-state index contributed by atoms with van der Waals surface area (Å²) in [6.45, 7) is 3.90. The molecule has 9 heteroatoms. The summed E-state index contributed by atoms with van der Waals surface area (Å²) in [5, 5.41) is 6.20. The number of carbonyl (C=O) groups is 2. The Morgan fingerprint density at radius 2 is 1.93 bits per heavy atom. The SMILES string of the molecule is CC(=O)NC(=S)Nc1ccc(N2CCN(C(=O)c3ccco3)CC2)c(Cl)c1. The van der Waals surface area contributed by atoms with E-state index in [1.54, 1.807) is 23.1 Å². The van der Waals surface area contributed by atoms with Gasteiger partial charge in [-0.2, -0.15) is 0 Å². The molecule has 1 saturated heterocycles. The van der Waals surface area contributed by atoms with Crippen molar-refractivity contribution in [2.45, 2.75) is 6.92 Å². The van der Waals surface area contributed by atoms with E-state index in [0.29, 0.717) is 42.6 Å². The molecule has 2 heterocycles. The minimum Gasteiger partial charge on any atom is -0.459 e. The first kappa shape index (κ1) is 19.2. The number of hydrogen-bond donors (Lipinski definition) is 2. The quantitative estimate of drug-likeness (QED) is 0.763. The van der Waals surface area contributed by atoms with Crippen LogP contribution < -0.4 is 15.5 Å². The van der Waals surface area contributed by atoms with Crippen molar-refractivity contribution in [1.82, 2.24) is 10.2 Å². The van der Waals surface area contributed by atoms with Gasteiger partial charge in [-0.1, -0.05) is 11.6 Å². The van der Waals surface area contributed by atoms with Crippen molar-refractivity contribution in [2.24, 2.45) is 0 Å². The smallest absolute Gasteiger partial charge is 0.289 e. The number of anilines is 2. The molecular weight excluding hydrogens is 388 g/mol. The molecule has 2 amide bonds. The molecule has 0 spiro atoms. The van der Waals surface area contributed by atoms with Gasteiger partial charge in [0, 0.05) is 38.8 Å². The Morgan fingerprint density at radius 3 is 2.52 bits per heavy atom. The average molecular weight is 407 g/mol. The number of nitrogens with zero attached hydrogens (tertiary/aromatic N) is 2. The summed E-state index contributed by atoms with van der Waals surface area (Å²) in [4.78, 5) is 27.2. The Hall–Kier alpha value is -2.58. The molecule has 0 bridgehead atoms. The van der Waals surface area contributed by atoms with Crippen molar-refractivity contribution in [1.29, 1.82) is 0 Å². The molecule has 3 rings (SSSR count). The molecule has 2 aromatic rings. The number of hydrogen-bond acceptors (Lipinski definition) is 5. The second-order valence-corrected chi connectivity index (χ2v) is 6.87. The van der Waals surface area contributed by atoms with Crippen LogP contribution in [0.2, 0.25) is 5.02 Å². The summed E-state index contributed by atoms with van der Waals surface area (Å²) >= 11 is 11.5. The van der Waals surface area contributed by atoms with Crippen molar-refractivity contribution < 1.29 is 14.0 Å². The summed E-state index contributed by atoms with van der Waals surface area (Å²) < 4.78 is 5.18. The third kappa shape index (κ3) is 4.78. The first-order chi connectivity index (χ1) is 12.9. The number of piperazine rings is 1. The topological polar surface area (TPSA) is 77.8 Å². The van der Waals surface area contributed by atoms with Crippen LogP contribution in [0.15, 0.2) is 41.0 Å². The minimum atomic E-state index is -0.239. The molecule has 0 radical (unpaired) electrons. The van der Waals surface area contributed by atoms with E-state index in [9.17, 15) is 9.59 Å². The van der Waals surface area contributed by atoms with Gasteiger partial charge in [-0.15, -0.1) is 0 Å². The zero-order valence-electron chi connectivity index (χ0n) is 14.7. The normalized spacial score (nSPS) is 14.0. The van der Waals surface area contributed by atoms with E-state index in [1.807, 2.05) is 12.1 Å². The lowest BCUT2D eigenvalue weighted by molar-refractivity contribution is -0.117. The van der Waals surface area contributed by atoms with E-state index in [1.165, 1.54) is 13.2 Å². The van der Waals surface area contributed by atoms with Crippen molar-refractivity contribution in [3.05, 3.63) is 47.4 Å². The number of nitrogens with one attached hydrogen (secondary N) is 2. The number of furan rings is 1. The van der Waals surface area contributed by atoms with Crippen LogP contribution in [0.5, 0.6) is 0 Å². The Bertz CT molecular complexity index is 848. The fraction of sp³-hybridized carbons (Fsp3) is 0.278. The fourth-order valence-electron chi connectivity index (χ4n) is 2.87. The van der Waals surface area contributed by atoms with Gasteiger partial charge in [0.25, 0.3) is 5.91 Å². The number of thiocarbonyl (C=S) groups is 1. The van der Waals surface area contributed by atoms with E-state index < -0.39 is 0 Å². The first-order valence-electron chi connectivity index (χ1n) is 8.40. The Balaban J connectivity index is 1.60. The van der Waals surface area contributed by atoms with E-state index in [0.717, 1.165) is 5.69 Å². The molecule has 0 saturated carbocycles. The largest absolute Gasteiger partial charge is 0.459 e. The van der Waals surface area contributed by atoms with E-state index in [4.69, 9.17) is 28.2 Å². The van der Waals surface area contributed by atoms with Gasteiger partial charge in [0.2, 0.25) is 5.91 Å². The highest BCUT2D eigenvalue weighted by atomic mass is 35.5. The molecule has 1 aliphatic rings. The zero-order chi connectivity index (χ0) is 19.4. The molecule has 1 fully saturated rings. The summed E-state index contributed by atoms with van der Waals surface area (Å²) in [7, 11) is 0. The number of halogens is 1. The van der Waals surface area contributed by atoms with Crippen LogP contribution >= 0.6 is 23.8 Å². The van der Waals surface area contributed by atoms with Crippen LogP contribution in [0.1, 0.15) is 17.5 Å². The predicted molar refractivity (Wildman–Crippen MR) is 108 cm³/mol. The summed E-state index contributed by atoms with van der Waals surface area (Å²) in [5.41, 5.74) is 1.58. The number of benzene rings is 1. The third-order valence-electron chi connectivity index (χ3n) is 4.13. The minimum absolute atomic E-state index is 0.100. The third-order valence-corrected chi connectivity index (χ3v) is 4.64. The number of amides is 2. The van der Waals surface area contributed by atoms with Gasteiger partial charge < -0.3 is 24.9 Å². The van der Waals surface area contributed by atoms with Gasteiger partial charge in [0.1, 0.15) is 0 Å². The van der Waals surface area contributed by atoms with Crippen LogP contribution in [0.25, 0.3) is 0 Å². The molecule has 7 nitrogen and oxygen atoms in total. The average Bonchev–Trinajstić information content (AvgIpc) is 3.15. The molecule has 1 aliphatic heterocycles. The van der Waals surface area contributed by atoms with Gasteiger partial charge in [-0.05, 0) is 42.5 Å². The van der Waals surface area contributed by atoms with Crippen molar-refractivity contribution in [3.8, 4) is 0 Å². The van der Waals surface area contributed by atoms with Crippen molar-refractivity contribution in [3.63, 3.8) is 0 Å². The van der Waals surface area contributed by atoms with E-state index >= 15 is 0 Å². The standard InChI is InChI=1S/C18H19ClN4O3S/c1-12(24)20-18(27)21-13-4-5-15(14(19)11-13)22-6-8-23(9-7-22)17(25)16-3-2-10-26-16/h2-5,10-11H,6-9H2,1H3,(H2,20,21,24,27). The lowest BCUT2D eigenvalue weighted by Crippen LogP contribution is -2.48. The van der Waals surface area contributed by atoms with Crippen LogP contribution in [0, 0.1) is 0 Å². The van der Waals surface area contributed by atoms with Gasteiger partial charge in [-0.25, -0.2) is 0 Å². The molecule has 2 N–H and O–H groups in total. The maximum Gasteiger partial charge on any atom is 0.289 e. The highest BCUT2D eigenvalue weighted by Gasteiger charge is 2.24. The summed E-state index contributed by atoms with van der Waals surface area (Å²) in [5.74, 6) is 0.0148. The highest BCUT2D eigenvalue weighted by Crippen LogP contribution is 2.29. The maximum absolute atomic E-state index is 12.3. The van der Waals surface area contributed by atoms with Crippen LogP contribution in [0.4, 0.5) is 11.4 Å². The van der Waals surface area contributed by atoms with Gasteiger partial charge in [0.15, 0.2) is 10.9 Å². The highest BCUT2D eigenvalue weighted by molar-refractivity contribution is 7.80. The van der Waals surface area contributed by atoms with Crippen LogP contribution in [-0.2, 0) is 4.79 Å². The van der Waals surface area contributed by atoms with Gasteiger partial charge >= 0.3 is 0 Å². The van der Waals surface area contributed by atoms with Gasteiger partial charge in [0.05, 0.1) is 17.0 Å². The molecule has 142 valence electrons. The Labute approximate surface area is 167 Å². The monoisotopic (exact) mass is 406 g/mol. The lowest BCUT2D eigenvalue weighted by atomic mass is 10.2. The Kier molecular flexibility index (Phi) is 5.98. The molecule has 0 aliphatic carbocycles. The summed E-state index contributed by atoms with van der Waals surface area (Å²) in [6.07, 6.45) is 1.50. The Morgan fingerprint density at radius 1 is 1.19 bits per heavy atom. The van der Waals surface area contributed by atoms with E-state index in [-0.39, 0.29) is 16.9 Å². The van der Waals surface area contributed by atoms with Crippen LogP contribution in [-0.4, -0.2) is 48.0 Å². The zero-order valence-corrected chi connectivity index (χ0v) is 16.3. The second kappa shape index (κ2) is 8.41. The second-order valence-electron chi connectivity index (χ2n) is 6.06. The molecule has 0 atom stereocenters. The predicted octanol–water partition coefficient (Wildman–Crippen LogP) is 2.73. The molecule has 27 heavy (non-hydrogen) atoms. The number of rotatable bonds is 3. The lowest BCUT2D eigenvalue weighted by Gasteiger charge is -2.36. The molecule has 1 aromatic heterocycles. The van der Waals surface area contributed by atoms with E-state index in [2.05, 4.69) is 15.5 Å². The fourth-order valence-corrected chi connectivity index (χ4v) is 3.43. The molecular formula is C18H19ClN4O3S. The molecule has 0 unspecified atom stereocenters. The van der Waals surface area contributed by atoms with Crippen LogP contribution in [0.3, 0.4) is 0 Å². The molecule has 1 aromatic carbocycles. The maximum atomic E-state index is 12.3. The van der Waals surface area contributed by atoms with Crippen molar-refractivity contribution in [2.75, 3.05) is 36.4 Å². The first-order valence-corrected chi connectivity index (χ1v) is 9.18.